The topological polar surface area (TPSA) is 78.4 Å². The van der Waals surface area contributed by atoms with Crippen molar-refractivity contribution in [3.05, 3.63) is 75.9 Å². The maximum Gasteiger partial charge on any atom is 0.248 e. The van der Waals surface area contributed by atoms with Crippen LogP contribution in [-0.4, -0.2) is 29.9 Å². The number of anilines is 1. The van der Waals surface area contributed by atoms with Gasteiger partial charge in [-0.3, -0.25) is 9.59 Å². The Balaban J connectivity index is 1.87. The number of nitrogens with one attached hydrogen (secondary N) is 2. The Morgan fingerprint density at radius 1 is 1.07 bits per heavy atom. The van der Waals surface area contributed by atoms with Crippen molar-refractivity contribution in [2.24, 2.45) is 0 Å². The summed E-state index contributed by atoms with van der Waals surface area (Å²) in [5.74, 6) is -0.227. The van der Waals surface area contributed by atoms with Gasteiger partial charge in [-0.1, -0.05) is 35.4 Å². The van der Waals surface area contributed by atoms with Gasteiger partial charge in [0.25, 0.3) is 0 Å². The third-order valence-corrected chi connectivity index (χ3v) is 4.81. The van der Waals surface area contributed by atoms with E-state index in [1.54, 1.807) is 24.3 Å². The van der Waals surface area contributed by atoms with E-state index in [4.69, 9.17) is 0 Å². The van der Waals surface area contributed by atoms with Crippen LogP contribution < -0.4 is 10.6 Å². The summed E-state index contributed by atoms with van der Waals surface area (Å²) in [6.45, 7) is 10.6. The van der Waals surface area contributed by atoms with Crippen LogP contribution in [0.3, 0.4) is 0 Å². The Labute approximate surface area is 179 Å². The van der Waals surface area contributed by atoms with E-state index in [-0.39, 0.29) is 11.7 Å². The van der Waals surface area contributed by atoms with Gasteiger partial charge in [-0.05, 0) is 63.4 Å². The molecule has 0 aromatic heterocycles. The van der Waals surface area contributed by atoms with Crippen molar-refractivity contribution in [1.82, 2.24) is 5.32 Å². The highest BCUT2D eigenvalue weighted by molar-refractivity contribution is 6.01. The summed E-state index contributed by atoms with van der Waals surface area (Å²) in [6.07, 6.45) is 1.21. The standard InChI is InChI=1S/C25H32N2O3/c1-16(2)11-24(30)27-21-8-6-7-20(14-21)22(28)9-10-26-15-23(29)25-18(4)12-17(3)13-19(25)5/h6-8,11-14,23,26,29H,9-10,15H2,1-5H3,(H,27,30). The molecule has 1 unspecified atom stereocenters. The normalized spacial score (nSPS) is 11.7. The van der Waals surface area contributed by atoms with Crippen molar-refractivity contribution < 1.29 is 14.7 Å². The van der Waals surface area contributed by atoms with Gasteiger partial charge in [-0.15, -0.1) is 0 Å². The highest BCUT2D eigenvalue weighted by atomic mass is 16.3. The van der Waals surface area contributed by atoms with Crippen molar-refractivity contribution in [3.63, 3.8) is 0 Å². The van der Waals surface area contributed by atoms with Gasteiger partial charge in [0.1, 0.15) is 0 Å². The van der Waals surface area contributed by atoms with E-state index in [9.17, 15) is 14.7 Å². The van der Waals surface area contributed by atoms with E-state index in [2.05, 4.69) is 22.8 Å². The van der Waals surface area contributed by atoms with Crippen LogP contribution in [0.4, 0.5) is 5.69 Å². The van der Waals surface area contributed by atoms with Gasteiger partial charge in [0, 0.05) is 36.8 Å². The second-order valence-electron chi connectivity index (χ2n) is 8.00. The Morgan fingerprint density at radius 2 is 1.73 bits per heavy atom. The van der Waals surface area contributed by atoms with Gasteiger partial charge < -0.3 is 15.7 Å². The minimum Gasteiger partial charge on any atom is -0.387 e. The van der Waals surface area contributed by atoms with Crippen LogP contribution in [0.25, 0.3) is 0 Å². The number of carbonyl (C=O) groups is 2. The van der Waals surface area contributed by atoms with Crippen molar-refractivity contribution in [3.8, 4) is 0 Å². The molecule has 3 N–H and O–H groups in total. The first kappa shape index (κ1) is 23.5. The third kappa shape index (κ3) is 6.94. The lowest BCUT2D eigenvalue weighted by molar-refractivity contribution is -0.111. The van der Waals surface area contributed by atoms with Crippen LogP contribution in [0.5, 0.6) is 0 Å². The van der Waals surface area contributed by atoms with Gasteiger partial charge in [0.05, 0.1) is 6.10 Å². The van der Waals surface area contributed by atoms with E-state index in [1.807, 2.05) is 34.6 Å². The summed E-state index contributed by atoms with van der Waals surface area (Å²) in [7, 11) is 0. The lowest BCUT2D eigenvalue weighted by atomic mass is 9.95. The monoisotopic (exact) mass is 408 g/mol. The van der Waals surface area contributed by atoms with Crippen LogP contribution >= 0.6 is 0 Å². The van der Waals surface area contributed by atoms with Crippen molar-refractivity contribution in [2.75, 3.05) is 18.4 Å². The maximum atomic E-state index is 12.5. The van der Waals surface area contributed by atoms with Gasteiger partial charge >= 0.3 is 0 Å². The highest BCUT2D eigenvalue weighted by Crippen LogP contribution is 2.23. The molecule has 0 saturated carbocycles. The highest BCUT2D eigenvalue weighted by Gasteiger charge is 2.14. The molecule has 0 bridgehead atoms. The van der Waals surface area contributed by atoms with Crippen LogP contribution in [0, 0.1) is 20.8 Å². The molecule has 0 fully saturated rings. The number of carbonyl (C=O) groups excluding carboxylic acids is 2. The number of hydrogen-bond donors (Lipinski definition) is 3. The number of Topliss-reactive ketones (excluding diaryl/α,β-unsaturated/α-hetero) is 1. The number of hydrogen-bond acceptors (Lipinski definition) is 4. The van der Waals surface area contributed by atoms with Crippen LogP contribution in [0.15, 0.2) is 48.0 Å². The molecular weight excluding hydrogens is 376 g/mol. The second-order valence-corrected chi connectivity index (χ2v) is 8.00. The summed E-state index contributed by atoms with van der Waals surface area (Å²) >= 11 is 0. The van der Waals surface area contributed by atoms with E-state index >= 15 is 0 Å². The van der Waals surface area contributed by atoms with Crippen molar-refractivity contribution in [2.45, 2.75) is 47.1 Å². The number of ketones is 1. The maximum absolute atomic E-state index is 12.5. The molecule has 5 heteroatoms. The minimum atomic E-state index is -0.616. The molecular formula is C25H32N2O3. The van der Waals surface area contributed by atoms with Gasteiger partial charge in [0.15, 0.2) is 5.78 Å². The molecule has 0 heterocycles. The number of amides is 1. The molecule has 0 aliphatic carbocycles. The number of aryl methyl sites for hydroxylation is 3. The van der Waals surface area contributed by atoms with Crippen LogP contribution in [0.2, 0.25) is 0 Å². The van der Waals surface area contributed by atoms with E-state index < -0.39 is 6.10 Å². The molecule has 0 radical (unpaired) electrons. The average molecular weight is 409 g/mol. The molecule has 5 nitrogen and oxygen atoms in total. The number of aliphatic hydroxyl groups is 1. The molecule has 1 amide bonds. The number of aliphatic hydroxyl groups excluding tert-OH is 1. The van der Waals surface area contributed by atoms with E-state index in [1.165, 1.54) is 11.6 Å². The fourth-order valence-electron chi connectivity index (χ4n) is 3.61. The molecule has 0 spiro atoms. The summed E-state index contributed by atoms with van der Waals surface area (Å²) in [4.78, 5) is 24.3. The number of rotatable bonds is 9. The molecule has 160 valence electrons. The molecule has 0 aliphatic heterocycles. The van der Waals surface area contributed by atoms with E-state index in [0.717, 1.165) is 22.3 Å². The first-order valence-electron chi connectivity index (χ1n) is 10.2. The fourth-order valence-corrected chi connectivity index (χ4v) is 3.61. The lowest BCUT2D eigenvalue weighted by Gasteiger charge is -2.18. The summed E-state index contributed by atoms with van der Waals surface area (Å²) in [5, 5.41) is 16.5. The zero-order chi connectivity index (χ0) is 22.3. The zero-order valence-electron chi connectivity index (χ0n) is 18.5. The largest absolute Gasteiger partial charge is 0.387 e. The number of allylic oxidation sites excluding steroid dienone is 1. The van der Waals surface area contributed by atoms with Crippen LogP contribution in [0.1, 0.15) is 59.0 Å². The molecule has 30 heavy (non-hydrogen) atoms. The second kappa shape index (κ2) is 10.9. The SMILES string of the molecule is CC(C)=CC(=O)Nc1cccc(C(=O)CCNCC(O)c2c(C)cc(C)cc2C)c1. The van der Waals surface area contributed by atoms with Crippen molar-refractivity contribution >= 4 is 17.4 Å². The fraction of sp³-hybridized carbons (Fsp3) is 0.360. The molecule has 2 aromatic carbocycles. The third-order valence-electron chi connectivity index (χ3n) is 4.81. The van der Waals surface area contributed by atoms with Crippen LogP contribution in [-0.2, 0) is 4.79 Å². The summed E-state index contributed by atoms with van der Waals surface area (Å²) in [6, 6.07) is 11.1. The van der Waals surface area contributed by atoms with Crippen molar-refractivity contribution in [1.29, 1.82) is 0 Å². The first-order chi connectivity index (χ1) is 14.2. The number of benzene rings is 2. The first-order valence-corrected chi connectivity index (χ1v) is 10.2. The quantitative estimate of drug-likeness (QED) is 0.326. The predicted molar refractivity (Wildman–Crippen MR) is 122 cm³/mol. The van der Waals surface area contributed by atoms with E-state index in [0.29, 0.717) is 30.8 Å². The average Bonchev–Trinajstić information content (AvgIpc) is 2.63. The Hall–Kier alpha value is -2.76. The minimum absolute atomic E-state index is 0.0157. The summed E-state index contributed by atoms with van der Waals surface area (Å²) in [5.41, 5.74) is 6.33. The van der Waals surface area contributed by atoms with Gasteiger partial charge in [0.2, 0.25) is 5.91 Å². The Morgan fingerprint density at radius 3 is 2.37 bits per heavy atom. The molecule has 1 atom stereocenters. The lowest BCUT2D eigenvalue weighted by Crippen LogP contribution is -2.25. The molecule has 2 aromatic rings. The Kier molecular flexibility index (Phi) is 8.51. The predicted octanol–water partition coefficient (Wildman–Crippen LogP) is 4.41. The van der Waals surface area contributed by atoms with Gasteiger partial charge in [-0.2, -0.15) is 0 Å². The summed E-state index contributed by atoms with van der Waals surface area (Å²) < 4.78 is 0. The smallest absolute Gasteiger partial charge is 0.248 e. The Bertz CT molecular complexity index is 920. The zero-order valence-corrected chi connectivity index (χ0v) is 18.5. The molecule has 0 aliphatic rings. The molecule has 2 rings (SSSR count). The van der Waals surface area contributed by atoms with Gasteiger partial charge in [-0.25, -0.2) is 0 Å². The molecule has 0 saturated heterocycles.